The maximum absolute atomic E-state index is 2.29. The van der Waals surface area contributed by atoms with Crippen molar-refractivity contribution in [3.05, 3.63) is 34.7 Å². The minimum atomic E-state index is 1.13. The maximum atomic E-state index is 2.29. The molecule has 0 N–H and O–H groups in total. The van der Waals surface area contributed by atoms with Gasteiger partial charge in [-0.2, -0.15) is 0 Å². The Labute approximate surface area is 76.8 Å². The Balaban J connectivity index is 2.78. The fraction of sp³-hybridized carbons (Fsp3) is 0.273. The molecule has 0 amide bonds. The zero-order valence-corrected chi connectivity index (χ0v) is 8.24. The first kappa shape index (κ1) is 7.81. The third-order valence-corrected chi connectivity index (χ3v) is 3.17. The molecule has 0 aliphatic carbocycles. The van der Waals surface area contributed by atoms with Gasteiger partial charge in [0.05, 0.1) is 0 Å². The number of hydrogen-bond donors (Lipinski definition) is 0. The highest BCUT2D eigenvalue weighted by Crippen LogP contribution is 2.27. The number of benzene rings is 1. The van der Waals surface area contributed by atoms with Gasteiger partial charge in [0, 0.05) is 9.58 Å². The molecule has 1 aromatic heterocycles. The molecule has 2 aromatic rings. The molecule has 0 fully saturated rings. The van der Waals surface area contributed by atoms with Crippen molar-refractivity contribution in [2.75, 3.05) is 0 Å². The van der Waals surface area contributed by atoms with Crippen molar-refractivity contribution in [3.63, 3.8) is 0 Å². The summed E-state index contributed by atoms with van der Waals surface area (Å²) >= 11 is 1.88. The van der Waals surface area contributed by atoms with E-state index >= 15 is 0 Å². The van der Waals surface area contributed by atoms with E-state index < -0.39 is 0 Å². The Kier molecular flexibility index (Phi) is 1.89. The summed E-state index contributed by atoms with van der Waals surface area (Å²) in [6, 6.07) is 8.86. The largest absolute Gasteiger partial charge is 0.141 e. The van der Waals surface area contributed by atoms with Crippen molar-refractivity contribution < 1.29 is 0 Å². The Morgan fingerprint density at radius 1 is 1.33 bits per heavy atom. The molecule has 0 spiro atoms. The summed E-state index contributed by atoms with van der Waals surface area (Å²) in [4.78, 5) is 1.41. The number of thiophene rings is 1. The topological polar surface area (TPSA) is 0 Å². The number of hydrogen-bond acceptors (Lipinski definition) is 1. The third-order valence-electron chi connectivity index (χ3n) is 2.16. The van der Waals surface area contributed by atoms with Gasteiger partial charge in [-0.1, -0.05) is 19.1 Å². The zero-order chi connectivity index (χ0) is 8.55. The average Bonchev–Trinajstić information content (AvgIpc) is 2.44. The highest BCUT2D eigenvalue weighted by molar-refractivity contribution is 7.19. The van der Waals surface area contributed by atoms with Gasteiger partial charge in [0.25, 0.3) is 0 Å². The van der Waals surface area contributed by atoms with Crippen LogP contribution in [-0.4, -0.2) is 0 Å². The molecule has 0 saturated carbocycles. The first-order valence-corrected chi connectivity index (χ1v) is 5.11. The van der Waals surface area contributed by atoms with Crippen LogP contribution < -0.4 is 0 Å². The molecule has 12 heavy (non-hydrogen) atoms. The third kappa shape index (κ3) is 1.14. The SMILES string of the molecule is CCc1cccc2sc(C)cc12. The molecule has 0 aliphatic rings. The van der Waals surface area contributed by atoms with E-state index in [2.05, 4.69) is 38.1 Å². The quantitative estimate of drug-likeness (QED) is 0.620. The zero-order valence-electron chi connectivity index (χ0n) is 7.42. The lowest BCUT2D eigenvalue weighted by Gasteiger charge is -1.96. The summed E-state index contributed by atoms with van der Waals surface area (Å²) in [6.07, 6.45) is 1.13. The second kappa shape index (κ2) is 2.91. The summed E-state index contributed by atoms with van der Waals surface area (Å²) in [6.45, 7) is 4.38. The highest BCUT2D eigenvalue weighted by Gasteiger charge is 2.01. The van der Waals surface area contributed by atoms with Crippen molar-refractivity contribution in [1.29, 1.82) is 0 Å². The van der Waals surface area contributed by atoms with Crippen molar-refractivity contribution >= 4 is 21.4 Å². The van der Waals surface area contributed by atoms with Crippen molar-refractivity contribution in [3.8, 4) is 0 Å². The van der Waals surface area contributed by atoms with E-state index in [0.29, 0.717) is 0 Å². The van der Waals surface area contributed by atoms with E-state index in [0.717, 1.165) is 6.42 Å². The second-order valence-electron chi connectivity index (χ2n) is 3.04. The van der Waals surface area contributed by atoms with E-state index in [1.807, 2.05) is 11.3 Å². The second-order valence-corrected chi connectivity index (χ2v) is 4.33. The van der Waals surface area contributed by atoms with Crippen LogP contribution >= 0.6 is 11.3 Å². The molecule has 1 heteroatoms. The minimum absolute atomic E-state index is 1.13. The van der Waals surface area contributed by atoms with E-state index in [-0.39, 0.29) is 0 Å². The Bertz CT molecular complexity index is 398. The molecule has 2 rings (SSSR count). The van der Waals surface area contributed by atoms with Gasteiger partial charge in [0.1, 0.15) is 0 Å². The molecule has 0 bridgehead atoms. The molecule has 62 valence electrons. The van der Waals surface area contributed by atoms with Crippen LogP contribution in [0.2, 0.25) is 0 Å². The summed E-state index contributed by atoms with van der Waals surface area (Å²) < 4.78 is 1.42. The Morgan fingerprint density at radius 2 is 2.17 bits per heavy atom. The number of rotatable bonds is 1. The Hall–Kier alpha value is -0.820. The minimum Gasteiger partial charge on any atom is -0.141 e. The van der Waals surface area contributed by atoms with Crippen LogP contribution in [0.4, 0.5) is 0 Å². The normalized spacial score (nSPS) is 10.8. The average molecular weight is 176 g/mol. The highest BCUT2D eigenvalue weighted by atomic mass is 32.1. The van der Waals surface area contributed by atoms with Gasteiger partial charge in [-0.15, -0.1) is 11.3 Å². The van der Waals surface area contributed by atoms with E-state index in [1.54, 1.807) is 0 Å². The molecule has 0 aliphatic heterocycles. The molecular formula is C11H12S. The Morgan fingerprint density at radius 3 is 2.92 bits per heavy atom. The molecule has 0 atom stereocenters. The van der Waals surface area contributed by atoms with Crippen LogP contribution in [0, 0.1) is 6.92 Å². The van der Waals surface area contributed by atoms with Crippen molar-refractivity contribution in [2.45, 2.75) is 20.3 Å². The predicted molar refractivity (Wildman–Crippen MR) is 55.9 cm³/mol. The van der Waals surface area contributed by atoms with Crippen LogP contribution in [-0.2, 0) is 6.42 Å². The van der Waals surface area contributed by atoms with Crippen LogP contribution in [0.5, 0.6) is 0 Å². The van der Waals surface area contributed by atoms with Crippen molar-refractivity contribution in [2.24, 2.45) is 0 Å². The molecule has 0 nitrogen and oxygen atoms in total. The molecular weight excluding hydrogens is 164 g/mol. The van der Waals surface area contributed by atoms with Gasteiger partial charge in [0.15, 0.2) is 0 Å². The number of aryl methyl sites for hydroxylation is 2. The van der Waals surface area contributed by atoms with Gasteiger partial charge in [-0.3, -0.25) is 0 Å². The van der Waals surface area contributed by atoms with Gasteiger partial charge >= 0.3 is 0 Å². The molecule has 1 aromatic carbocycles. The van der Waals surface area contributed by atoms with Crippen LogP contribution in [0.25, 0.3) is 10.1 Å². The molecule has 1 heterocycles. The monoisotopic (exact) mass is 176 g/mol. The lowest BCUT2D eigenvalue weighted by atomic mass is 10.1. The fourth-order valence-corrected chi connectivity index (χ4v) is 2.53. The lowest BCUT2D eigenvalue weighted by molar-refractivity contribution is 1.16. The van der Waals surface area contributed by atoms with Crippen molar-refractivity contribution in [1.82, 2.24) is 0 Å². The predicted octanol–water partition coefficient (Wildman–Crippen LogP) is 3.77. The summed E-state index contributed by atoms with van der Waals surface area (Å²) in [5.74, 6) is 0. The summed E-state index contributed by atoms with van der Waals surface area (Å²) in [5.41, 5.74) is 1.47. The molecule has 0 saturated heterocycles. The van der Waals surface area contributed by atoms with Gasteiger partial charge < -0.3 is 0 Å². The fourth-order valence-electron chi connectivity index (χ4n) is 1.56. The molecule has 0 radical (unpaired) electrons. The first-order chi connectivity index (χ1) is 5.81. The van der Waals surface area contributed by atoms with Crippen LogP contribution in [0.3, 0.4) is 0 Å². The van der Waals surface area contributed by atoms with Crippen LogP contribution in [0.15, 0.2) is 24.3 Å². The van der Waals surface area contributed by atoms with Gasteiger partial charge in [-0.05, 0) is 36.4 Å². The van der Waals surface area contributed by atoms with E-state index in [4.69, 9.17) is 0 Å². The van der Waals surface area contributed by atoms with Crippen LogP contribution in [0.1, 0.15) is 17.4 Å². The maximum Gasteiger partial charge on any atom is 0.0348 e. The first-order valence-electron chi connectivity index (χ1n) is 4.29. The smallest absolute Gasteiger partial charge is 0.0348 e. The van der Waals surface area contributed by atoms with Gasteiger partial charge in [0.2, 0.25) is 0 Å². The molecule has 0 unspecified atom stereocenters. The summed E-state index contributed by atoms with van der Waals surface area (Å²) in [7, 11) is 0. The standard InChI is InChI=1S/C11H12S/c1-3-9-5-4-6-11-10(9)7-8(2)12-11/h4-7H,3H2,1-2H3. The van der Waals surface area contributed by atoms with Gasteiger partial charge in [-0.25, -0.2) is 0 Å². The lowest BCUT2D eigenvalue weighted by Crippen LogP contribution is -1.78. The van der Waals surface area contributed by atoms with E-state index in [1.165, 1.54) is 20.5 Å². The number of fused-ring (bicyclic) bond motifs is 1. The van der Waals surface area contributed by atoms with E-state index in [9.17, 15) is 0 Å². The summed E-state index contributed by atoms with van der Waals surface area (Å²) in [5, 5.41) is 1.45.